The third-order valence-electron chi connectivity index (χ3n) is 3.32. The summed E-state index contributed by atoms with van der Waals surface area (Å²) in [6.07, 6.45) is 1.78. The number of alkyl halides is 3. The van der Waals surface area contributed by atoms with Gasteiger partial charge in [-0.05, 0) is 50.9 Å². The number of halogens is 3. The Morgan fingerprint density at radius 1 is 1.20 bits per heavy atom. The van der Waals surface area contributed by atoms with Gasteiger partial charge in [-0.1, -0.05) is 6.07 Å². The lowest BCUT2D eigenvalue weighted by molar-refractivity contribution is -0.154. The lowest BCUT2D eigenvalue weighted by Gasteiger charge is -2.14. The van der Waals surface area contributed by atoms with Gasteiger partial charge in [0.15, 0.2) is 6.61 Å². The van der Waals surface area contributed by atoms with Crippen LogP contribution in [0.2, 0.25) is 0 Å². The Bertz CT molecular complexity index is 400. The first-order chi connectivity index (χ1) is 9.53. The second kappa shape index (κ2) is 6.92. The maximum absolute atomic E-state index is 12.0. The number of aromatic nitrogens is 1. The second-order valence-electron chi connectivity index (χ2n) is 5.06. The Morgan fingerprint density at radius 3 is 2.55 bits per heavy atom. The SMILES string of the molecule is FC(F)(F)COc1ccc(CCCN2CCCC2)cn1. The van der Waals surface area contributed by atoms with Gasteiger partial charge in [-0.15, -0.1) is 0 Å². The fraction of sp³-hybridized carbons (Fsp3) is 0.643. The highest BCUT2D eigenvalue weighted by Crippen LogP contribution is 2.17. The van der Waals surface area contributed by atoms with Gasteiger partial charge in [-0.2, -0.15) is 13.2 Å². The van der Waals surface area contributed by atoms with Crippen LogP contribution in [-0.4, -0.2) is 42.3 Å². The Morgan fingerprint density at radius 2 is 1.95 bits per heavy atom. The van der Waals surface area contributed by atoms with Crippen LogP contribution in [0.3, 0.4) is 0 Å². The van der Waals surface area contributed by atoms with Crippen molar-refractivity contribution in [2.75, 3.05) is 26.2 Å². The van der Waals surface area contributed by atoms with Gasteiger partial charge in [0, 0.05) is 12.3 Å². The molecule has 1 aliphatic heterocycles. The summed E-state index contributed by atoms with van der Waals surface area (Å²) in [5.41, 5.74) is 1.03. The molecule has 1 aromatic heterocycles. The van der Waals surface area contributed by atoms with E-state index in [-0.39, 0.29) is 5.88 Å². The summed E-state index contributed by atoms with van der Waals surface area (Å²) in [4.78, 5) is 6.34. The van der Waals surface area contributed by atoms with Gasteiger partial charge in [0.05, 0.1) is 0 Å². The van der Waals surface area contributed by atoms with Crippen molar-refractivity contribution in [1.82, 2.24) is 9.88 Å². The van der Waals surface area contributed by atoms with E-state index in [1.54, 1.807) is 12.3 Å². The lowest BCUT2D eigenvalue weighted by atomic mass is 10.1. The number of likely N-dealkylation sites (tertiary alicyclic amines) is 1. The Hall–Kier alpha value is -1.30. The molecular formula is C14H19F3N2O. The molecule has 2 rings (SSSR count). The van der Waals surface area contributed by atoms with Gasteiger partial charge in [-0.3, -0.25) is 0 Å². The van der Waals surface area contributed by atoms with E-state index in [0.29, 0.717) is 0 Å². The summed E-state index contributed by atoms with van der Waals surface area (Å²) >= 11 is 0. The minimum Gasteiger partial charge on any atom is -0.468 e. The summed E-state index contributed by atoms with van der Waals surface area (Å²) in [5, 5.41) is 0. The van der Waals surface area contributed by atoms with Crippen molar-refractivity contribution in [2.45, 2.75) is 31.9 Å². The summed E-state index contributed by atoms with van der Waals surface area (Å²) in [5.74, 6) is 0.0191. The van der Waals surface area contributed by atoms with Gasteiger partial charge in [0.1, 0.15) is 0 Å². The first kappa shape index (κ1) is 15.1. The predicted octanol–water partition coefficient (Wildman–Crippen LogP) is 3.05. The molecule has 6 heteroatoms. The van der Waals surface area contributed by atoms with Crippen molar-refractivity contribution < 1.29 is 17.9 Å². The standard InChI is InChI=1S/C14H19F3N2O/c15-14(16,17)11-20-13-6-5-12(10-18-13)4-3-9-19-7-1-2-8-19/h5-6,10H,1-4,7-9,11H2. The number of hydrogen-bond acceptors (Lipinski definition) is 3. The Kier molecular flexibility index (Phi) is 5.23. The van der Waals surface area contributed by atoms with Crippen molar-refractivity contribution in [3.8, 4) is 5.88 Å². The van der Waals surface area contributed by atoms with E-state index in [1.165, 1.54) is 32.0 Å². The van der Waals surface area contributed by atoms with Gasteiger partial charge in [0.2, 0.25) is 5.88 Å². The molecular weight excluding hydrogens is 269 g/mol. The molecule has 2 heterocycles. The van der Waals surface area contributed by atoms with E-state index < -0.39 is 12.8 Å². The van der Waals surface area contributed by atoms with E-state index in [1.807, 2.05) is 0 Å². The fourth-order valence-electron chi connectivity index (χ4n) is 2.31. The van der Waals surface area contributed by atoms with Crippen LogP contribution in [0.15, 0.2) is 18.3 Å². The van der Waals surface area contributed by atoms with E-state index in [2.05, 4.69) is 14.6 Å². The molecule has 1 aromatic rings. The number of pyridine rings is 1. The molecule has 20 heavy (non-hydrogen) atoms. The van der Waals surface area contributed by atoms with Crippen LogP contribution in [0.5, 0.6) is 5.88 Å². The summed E-state index contributed by atoms with van der Waals surface area (Å²) in [7, 11) is 0. The zero-order chi connectivity index (χ0) is 14.4. The quantitative estimate of drug-likeness (QED) is 0.804. The highest BCUT2D eigenvalue weighted by Gasteiger charge is 2.28. The van der Waals surface area contributed by atoms with E-state index >= 15 is 0 Å². The highest BCUT2D eigenvalue weighted by molar-refractivity contribution is 5.18. The fourth-order valence-corrected chi connectivity index (χ4v) is 2.31. The summed E-state index contributed by atoms with van der Waals surface area (Å²) in [6.45, 7) is 2.14. The maximum atomic E-state index is 12.0. The summed E-state index contributed by atoms with van der Waals surface area (Å²) in [6, 6.07) is 3.28. The highest BCUT2D eigenvalue weighted by atomic mass is 19.4. The minimum absolute atomic E-state index is 0.0191. The largest absolute Gasteiger partial charge is 0.468 e. The van der Waals surface area contributed by atoms with Gasteiger partial charge in [-0.25, -0.2) is 4.98 Å². The van der Waals surface area contributed by atoms with Crippen LogP contribution in [-0.2, 0) is 6.42 Å². The van der Waals surface area contributed by atoms with Crippen LogP contribution in [0.4, 0.5) is 13.2 Å². The molecule has 0 bridgehead atoms. The molecule has 1 saturated heterocycles. The molecule has 0 unspecified atom stereocenters. The second-order valence-corrected chi connectivity index (χ2v) is 5.06. The molecule has 1 fully saturated rings. The van der Waals surface area contributed by atoms with Crippen LogP contribution >= 0.6 is 0 Å². The zero-order valence-corrected chi connectivity index (χ0v) is 11.3. The minimum atomic E-state index is -4.32. The Balaban J connectivity index is 1.70. The molecule has 1 aliphatic rings. The third kappa shape index (κ3) is 5.36. The number of ether oxygens (including phenoxy) is 1. The van der Waals surface area contributed by atoms with Gasteiger partial charge >= 0.3 is 6.18 Å². The number of hydrogen-bond donors (Lipinski definition) is 0. The smallest absolute Gasteiger partial charge is 0.422 e. The molecule has 0 amide bonds. The topological polar surface area (TPSA) is 25.4 Å². The first-order valence-electron chi connectivity index (χ1n) is 6.90. The van der Waals surface area contributed by atoms with Crippen LogP contribution < -0.4 is 4.74 Å². The predicted molar refractivity (Wildman–Crippen MR) is 69.8 cm³/mol. The lowest BCUT2D eigenvalue weighted by Crippen LogP contribution is -2.20. The summed E-state index contributed by atoms with van der Waals surface area (Å²) < 4.78 is 40.5. The van der Waals surface area contributed by atoms with E-state index in [4.69, 9.17) is 0 Å². The monoisotopic (exact) mass is 288 g/mol. The maximum Gasteiger partial charge on any atom is 0.422 e. The van der Waals surface area contributed by atoms with Crippen LogP contribution in [0, 0.1) is 0 Å². The first-order valence-corrected chi connectivity index (χ1v) is 6.90. The number of nitrogens with zero attached hydrogens (tertiary/aromatic N) is 2. The van der Waals surface area contributed by atoms with Gasteiger partial charge < -0.3 is 9.64 Å². The molecule has 3 nitrogen and oxygen atoms in total. The van der Waals surface area contributed by atoms with E-state index in [0.717, 1.165) is 24.9 Å². The Labute approximate surface area is 116 Å². The normalized spacial score (nSPS) is 16.6. The molecule has 0 aliphatic carbocycles. The van der Waals surface area contributed by atoms with Crippen molar-refractivity contribution in [3.05, 3.63) is 23.9 Å². The molecule has 0 radical (unpaired) electrons. The van der Waals surface area contributed by atoms with Gasteiger partial charge in [0.25, 0.3) is 0 Å². The molecule has 112 valence electrons. The average Bonchev–Trinajstić information content (AvgIpc) is 2.90. The molecule has 0 aromatic carbocycles. The van der Waals surface area contributed by atoms with Crippen molar-refractivity contribution in [3.63, 3.8) is 0 Å². The van der Waals surface area contributed by atoms with Crippen molar-refractivity contribution >= 4 is 0 Å². The third-order valence-corrected chi connectivity index (χ3v) is 3.32. The average molecular weight is 288 g/mol. The number of rotatable bonds is 6. The number of aryl methyl sites for hydroxylation is 1. The van der Waals surface area contributed by atoms with Crippen LogP contribution in [0.25, 0.3) is 0 Å². The van der Waals surface area contributed by atoms with Crippen molar-refractivity contribution in [1.29, 1.82) is 0 Å². The molecule has 0 saturated carbocycles. The molecule has 0 spiro atoms. The van der Waals surface area contributed by atoms with Crippen molar-refractivity contribution in [2.24, 2.45) is 0 Å². The van der Waals surface area contributed by atoms with Crippen LogP contribution in [0.1, 0.15) is 24.8 Å². The molecule has 0 atom stereocenters. The van der Waals surface area contributed by atoms with E-state index in [9.17, 15) is 13.2 Å². The zero-order valence-electron chi connectivity index (χ0n) is 11.3. The molecule has 0 N–H and O–H groups in total.